The van der Waals surface area contributed by atoms with Gasteiger partial charge in [0.05, 0.1) is 35.0 Å². The first-order chi connectivity index (χ1) is 14.2. The van der Waals surface area contributed by atoms with Gasteiger partial charge in [0.2, 0.25) is 0 Å². The molecule has 8 nitrogen and oxygen atoms in total. The van der Waals surface area contributed by atoms with Crippen molar-refractivity contribution in [2.24, 2.45) is 0 Å². The van der Waals surface area contributed by atoms with Gasteiger partial charge < -0.3 is 24.8 Å². The van der Waals surface area contributed by atoms with Crippen LogP contribution in [0.5, 0.6) is 11.5 Å². The normalized spacial score (nSPS) is 10.2. The molecule has 2 N–H and O–H groups in total. The van der Waals surface area contributed by atoms with Crippen molar-refractivity contribution in [1.29, 1.82) is 0 Å². The van der Waals surface area contributed by atoms with Gasteiger partial charge in [-0.15, -0.1) is 0 Å². The Morgan fingerprint density at radius 1 is 0.900 bits per heavy atom. The quantitative estimate of drug-likeness (QED) is 0.447. The topological polar surface area (TPSA) is 103 Å². The fourth-order valence-electron chi connectivity index (χ4n) is 2.23. The van der Waals surface area contributed by atoms with Gasteiger partial charge in [-0.05, 0) is 30.3 Å². The van der Waals surface area contributed by atoms with E-state index >= 15 is 0 Å². The molecule has 0 aromatic heterocycles. The number of nitrogens with one attached hydrogen (secondary N) is 2. The Labute approximate surface area is 187 Å². The second-order valence-corrected chi connectivity index (χ2v) is 6.93. The Kier molecular flexibility index (Phi) is 8.58. The molecule has 0 saturated carbocycles. The molecule has 160 valence electrons. The Balaban J connectivity index is 1.83. The van der Waals surface area contributed by atoms with Gasteiger partial charge in [0.1, 0.15) is 6.54 Å². The minimum absolute atomic E-state index is 0.172. The molecule has 0 aliphatic carbocycles. The maximum atomic E-state index is 12.2. The van der Waals surface area contributed by atoms with Gasteiger partial charge >= 0.3 is 5.97 Å². The second kappa shape index (κ2) is 10.9. The standard InChI is InChI=1S/C19H17Cl3N2O6/c1-28-15-4-3-10(5-16(15)29-2)19(27)23-8-18(26)30-9-17(25)24-14-7-12(21)11(20)6-13(14)22/h3-7H,8-9H2,1-2H3,(H,23,27)(H,24,25). The third-order valence-electron chi connectivity index (χ3n) is 3.69. The lowest BCUT2D eigenvalue weighted by molar-refractivity contribution is -0.146. The first-order valence-corrected chi connectivity index (χ1v) is 9.48. The number of esters is 1. The third-order valence-corrected chi connectivity index (χ3v) is 4.72. The molecule has 2 aromatic rings. The average Bonchev–Trinajstić information content (AvgIpc) is 2.73. The van der Waals surface area contributed by atoms with Crippen molar-refractivity contribution in [3.63, 3.8) is 0 Å². The highest BCUT2D eigenvalue weighted by Crippen LogP contribution is 2.32. The number of amides is 2. The largest absolute Gasteiger partial charge is 0.493 e. The SMILES string of the molecule is COc1ccc(C(=O)NCC(=O)OCC(=O)Nc2cc(Cl)c(Cl)cc2Cl)cc1OC. The Morgan fingerprint density at radius 3 is 2.23 bits per heavy atom. The van der Waals surface area contributed by atoms with Gasteiger partial charge in [-0.25, -0.2) is 0 Å². The zero-order chi connectivity index (χ0) is 22.3. The summed E-state index contributed by atoms with van der Waals surface area (Å²) in [4.78, 5) is 35.9. The van der Waals surface area contributed by atoms with Crippen LogP contribution in [0.2, 0.25) is 15.1 Å². The highest BCUT2D eigenvalue weighted by atomic mass is 35.5. The molecule has 0 bridgehead atoms. The second-order valence-electron chi connectivity index (χ2n) is 5.71. The average molecular weight is 476 g/mol. The summed E-state index contributed by atoms with van der Waals surface area (Å²) >= 11 is 17.6. The van der Waals surface area contributed by atoms with Crippen LogP contribution < -0.4 is 20.1 Å². The summed E-state index contributed by atoms with van der Waals surface area (Å²) in [7, 11) is 2.91. The molecule has 0 aliphatic rings. The molecule has 30 heavy (non-hydrogen) atoms. The molecule has 0 saturated heterocycles. The lowest BCUT2D eigenvalue weighted by atomic mass is 10.2. The van der Waals surface area contributed by atoms with E-state index in [-0.39, 0.29) is 26.3 Å². The summed E-state index contributed by atoms with van der Waals surface area (Å²) in [6, 6.07) is 7.28. The number of hydrogen-bond donors (Lipinski definition) is 2. The lowest BCUT2D eigenvalue weighted by Gasteiger charge is -2.11. The number of anilines is 1. The third kappa shape index (κ3) is 6.41. The molecule has 2 rings (SSSR count). The van der Waals surface area contributed by atoms with E-state index in [0.29, 0.717) is 11.5 Å². The summed E-state index contributed by atoms with van der Waals surface area (Å²) < 4.78 is 15.0. The number of methoxy groups -OCH3 is 2. The van der Waals surface area contributed by atoms with E-state index < -0.39 is 30.9 Å². The van der Waals surface area contributed by atoms with Crippen molar-refractivity contribution in [3.8, 4) is 11.5 Å². The summed E-state index contributed by atoms with van der Waals surface area (Å²) in [6.07, 6.45) is 0. The fraction of sp³-hybridized carbons (Fsp3) is 0.211. The van der Waals surface area contributed by atoms with Gasteiger partial charge in [-0.2, -0.15) is 0 Å². The van der Waals surface area contributed by atoms with E-state index in [1.807, 2.05) is 0 Å². The Hall–Kier alpha value is -2.68. The van der Waals surface area contributed by atoms with Crippen molar-refractivity contribution < 1.29 is 28.6 Å². The molecule has 0 spiro atoms. The first-order valence-electron chi connectivity index (χ1n) is 8.35. The van der Waals surface area contributed by atoms with Crippen LogP contribution in [0.15, 0.2) is 30.3 Å². The molecule has 0 heterocycles. The van der Waals surface area contributed by atoms with E-state index in [2.05, 4.69) is 10.6 Å². The number of halogens is 3. The van der Waals surface area contributed by atoms with E-state index in [1.165, 1.54) is 38.5 Å². The van der Waals surface area contributed by atoms with E-state index in [9.17, 15) is 14.4 Å². The maximum absolute atomic E-state index is 12.2. The van der Waals surface area contributed by atoms with Crippen molar-refractivity contribution in [2.45, 2.75) is 0 Å². The van der Waals surface area contributed by atoms with E-state index in [1.54, 1.807) is 6.07 Å². The van der Waals surface area contributed by atoms with Crippen molar-refractivity contribution in [1.82, 2.24) is 5.32 Å². The molecule has 0 aliphatic heterocycles. The molecule has 0 unspecified atom stereocenters. The number of carbonyl (C=O) groups is 3. The van der Waals surface area contributed by atoms with Crippen molar-refractivity contribution in [3.05, 3.63) is 51.0 Å². The summed E-state index contributed by atoms with van der Waals surface area (Å²) in [5, 5.41) is 5.44. The highest BCUT2D eigenvalue weighted by molar-refractivity contribution is 6.44. The molecule has 2 aromatic carbocycles. The molecule has 0 atom stereocenters. The molecule has 0 fully saturated rings. The predicted octanol–water partition coefficient (Wildman–Crippen LogP) is 3.58. The monoisotopic (exact) mass is 474 g/mol. The molecule has 11 heteroatoms. The van der Waals surface area contributed by atoms with Crippen LogP contribution in [0.4, 0.5) is 5.69 Å². The zero-order valence-corrected chi connectivity index (χ0v) is 18.2. The molecule has 2 amide bonds. The summed E-state index contributed by atoms with van der Waals surface area (Å²) in [6.45, 7) is -1.02. The van der Waals surface area contributed by atoms with Crippen molar-refractivity contribution in [2.75, 3.05) is 32.7 Å². The van der Waals surface area contributed by atoms with Crippen LogP contribution in [0, 0.1) is 0 Å². The minimum atomic E-state index is -0.806. The number of ether oxygens (including phenoxy) is 3. The number of hydrogen-bond acceptors (Lipinski definition) is 6. The van der Waals surface area contributed by atoms with Crippen LogP contribution in [0.3, 0.4) is 0 Å². The van der Waals surface area contributed by atoms with Crippen LogP contribution in [0.25, 0.3) is 0 Å². The van der Waals surface area contributed by atoms with Crippen LogP contribution in [-0.2, 0) is 14.3 Å². The van der Waals surface area contributed by atoms with E-state index in [0.717, 1.165) is 0 Å². The minimum Gasteiger partial charge on any atom is -0.493 e. The Bertz CT molecular complexity index is 968. The van der Waals surface area contributed by atoms with Crippen LogP contribution in [0.1, 0.15) is 10.4 Å². The molecular formula is C19H17Cl3N2O6. The first kappa shape index (κ1) is 23.6. The zero-order valence-electron chi connectivity index (χ0n) is 15.9. The van der Waals surface area contributed by atoms with Gasteiger partial charge in [0.15, 0.2) is 18.1 Å². The fourth-order valence-corrected chi connectivity index (χ4v) is 2.83. The number of benzene rings is 2. The van der Waals surface area contributed by atoms with Gasteiger partial charge in [0, 0.05) is 5.56 Å². The van der Waals surface area contributed by atoms with E-state index in [4.69, 9.17) is 49.0 Å². The van der Waals surface area contributed by atoms with Gasteiger partial charge in [-0.3, -0.25) is 14.4 Å². The highest BCUT2D eigenvalue weighted by Gasteiger charge is 2.14. The smallest absolute Gasteiger partial charge is 0.325 e. The van der Waals surface area contributed by atoms with Crippen LogP contribution in [-0.4, -0.2) is 45.2 Å². The number of carbonyl (C=O) groups excluding carboxylic acids is 3. The maximum Gasteiger partial charge on any atom is 0.325 e. The van der Waals surface area contributed by atoms with Gasteiger partial charge in [-0.1, -0.05) is 34.8 Å². The van der Waals surface area contributed by atoms with Crippen molar-refractivity contribution >= 4 is 58.3 Å². The summed E-state index contributed by atoms with van der Waals surface area (Å²) in [5.41, 5.74) is 0.473. The lowest BCUT2D eigenvalue weighted by Crippen LogP contribution is -2.32. The Morgan fingerprint density at radius 2 is 1.57 bits per heavy atom. The molecular weight excluding hydrogens is 459 g/mol. The van der Waals surface area contributed by atoms with Gasteiger partial charge in [0.25, 0.3) is 11.8 Å². The number of rotatable bonds is 8. The van der Waals surface area contributed by atoms with Crippen LogP contribution >= 0.6 is 34.8 Å². The predicted molar refractivity (Wildman–Crippen MR) is 113 cm³/mol. The molecule has 0 radical (unpaired) electrons. The summed E-state index contributed by atoms with van der Waals surface area (Å²) in [5.74, 6) is -1.15.